The van der Waals surface area contributed by atoms with Gasteiger partial charge in [0.2, 0.25) is 0 Å². The van der Waals surface area contributed by atoms with Gasteiger partial charge in [-0.3, -0.25) is 19.1 Å². The Morgan fingerprint density at radius 1 is 1.24 bits per heavy atom. The Bertz CT molecular complexity index is 1020. The monoisotopic (exact) mass is 421 g/mol. The average molecular weight is 422 g/mol. The zero-order valence-corrected chi connectivity index (χ0v) is 17.7. The van der Waals surface area contributed by atoms with Gasteiger partial charge in [-0.15, -0.1) is 12.4 Å². The summed E-state index contributed by atoms with van der Waals surface area (Å²) in [5.74, 6) is 0.173. The van der Waals surface area contributed by atoms with Gasteiger partial charge in [0.1, 0.15) is 0 Å². The third-order valence-corrected chi connectivity index (χ3v) is 5.83. The van der Waals surface area contributed by atoms with E-state index in [-0.39, 0.29) is 23.7 Å². The molecule has 29 heavy (non-hydrogen) atoms. The molecule has 0 aromatic carbocycles. The highest BCUT2D eigenvalue weighted by molar-refractivity contribution is 6.05. The molecule has 1 saturated heterocycles. The van der Waals surface area contributed by atoms with E-state index in [2.05, 4.69) is 15.3 Å². The summed E-state index contributed by atoms with van der Waals surface area (Å²) in [7, 11) is 1.94. The molecule has 0 radical (unpaired) electrons. The van der Waals surface area contributed by atoms with Crippen LogP contribution < -0.4 is 16.6 Å². The largest absolute Gasteiger partial charge is 0.339 e. The lowest BCUT2D eigenvalue weighted by atomic mass is 10.0. The van der Waals surface area contributed by atoms with Crippen LogP contribution in [0, 0.1) is 0 Å². The number of pyridine rings is 1. The van der Waals surface area contributed by atoms with Crippen LogP contribution in [0.1, 0.15) is 61.0 Å². The summed E-state index contributed by atoms with van der Waals surface area (Å²) < 4.78 is 1.49. The number of halogens is 1. The third-order valence-electron chi connectivity index (χ3n) is 5.83. The average Bonchev–Trinajstić information content (AvgIpc) is 3.55. The van der Waals surface area contributed by atoms with Gasteiger partial charge in [-0.05, 0) is 45.2 Å². The summed E-state index contributed by atoms with van der Waals surface area (Å²) in [6.07, 6.45) is 4.56. The summed E-state index contributed by atoms with van der Waals surface area (Å²) in [5, 5.41) is 3.50. The topological polar surface area (TPSA) is 100 Å². The highest BCUT2D eigenvalue weighted by atomic mass is 35.5. The summed E-state index contributed by atoms with van der Waals surface area (Å²) in [4.78, 5) is 47.2. The van der Waals surface area contributed by atoms with Crippen LogP contribution in [0.2, 0.25) is 0 Å². The minimum atomic E-state index is -0.532. The van der Waals surface area contributed by atoms with Gasteiger partial charge in [-0.1, -0.05) is 6.92 Å². The molecule has 0 atom stereocenters. The van der Waals surface area contributed by atoms with Crippen LogP contribution in [0.15, 0.2) is 15.7 Å². The van der Waals surface area contributed by atoms with E-state index < -0.39 is 11.2 Å². The number of H-pyrrole nitrogens is 1. The molecule has 3 heterocycles. The molecule has 2 aliphatic rings. The lowest BCUT2D eigenvalue weighted by Gasteiger charge is -2.32. The zero-order valence-electron chi connectivity index (χ0n) is 16.9. The van der Waals surface area contributed by atoms with E-state index in [1.807, 2.05) is 18.9 Å². The van der Waals surface area contributed by atoms with E-state index in [1.54, 1.807) is 6.07 Å². The Morgan fingerprint density at radius 2 is 1.93 bits per heavy atom. The van der Waals surface area contributed by atoms with Gasteiger partial charge in [0.15, 0.2) is 5.65 Å². The highest BCUT2D eigenvalue weighted by Gasteiger charge is 2.31. The summed E-state index contributed by atoms with van der Waals surface area (Å²) in [5.41, 5.74) is 0.536. The molecule has 1 saturated carbocycles. The molecule has 2 N–H and O–H groups in total. The second kappa shape index (κ2) is 8.67. The fourth-order valence-corrected chi connectivity index (χ4v) is 4.02. The number of nitrogens with zero attached hydrogens (tertiary/aromatic N) is 3. The Balaban J connectivity index is 0.00000240. The second-order valence-electron chi connectivity index (χ2n) is 7.83. The van der Waals surface area contributed by atoms with Crippen LogP contribution in [0.3, 0.4) is 0 Å². The van der Waals surface area contributed by atoms with Crippen LogP contribution in [0.5, 0.6) is 0 Å². The molecule has 9 heteroatoms. The number of hydrogen-bond acceptors (Lipinski definition) is 5. The van der Waals surface area contributed by atoms with Crippen LogP contribution in [-0.4, -0.2) is 51.5 Å². The molecule has 2 aromatic heterocycles. The standard InChI is InChI=1S/C20H27N5O3.ClH/c1-3-8-25-17-16(18(26)23-20(25)28)14(11-15(22-17)12-4-5-12)19(27)24-9-6-13(21-2)7-10-24;/h11-13,21H,3-10H2,1-2H3,(H,23,26,28);1H. The number of aromatic amines is 1. The molecule has 4 rings (SSSR count). The molecule has 0 bridgehead atoms. The normalized spacial score (nSPS) is 17.4. The van der Waals surface area contributed by atoms with Crippen molar-refractivity contribution < 1.29 is 4.79 Å². The Labute approximate surface area is 175 Å². The number of amides is 1. The molecule has 2 fully saturated rings. The minimum absolute atomic E-state index is 0. The summed E-state index contributed by atoms with van der Waals surface area (Å²) in [6.45, 7) is 3.72. The fraction of sp³-hybridized carbons (Fsp3) is 0.600. The zero-order chi connectivity index (χ0) is 19.8. The SMILES string of the molecule is CCCn1c(=O)[nH]c(=O)c2c(C(=O)N3CCC(NC)CC3)cc(C3CC3)nc21.Cl. The predicted molar refractivity (Wildman–Crippen MR) is 114 cm³/mol. The number of carbonyl (C=O) groups is 1. The van der Waals surface area contributed by atoms with Gasteiger partial charge in [-0.2, -0.15) is 0 Å². The Morgan fingerprint density at radius 3 is 2.52 bits per heavy atom. The van der Waals surface area contributed by atoms with Crippen molar-refractivity contribution in [3.05, 3.63) is 38.2 Å². The quantitative estimate of drug-likeness (QED) is 0.764. The van der Waals surface area contributed by atoms with E-state index in [4.69, 9.17) is 0 Å². The molecular formula is C20H28ClN5O3. The van der Waals surface area contributed by atoms with Crippen molar-refractivity contribution >= 4 is 29.3 Å². The van der Waals surface area contributed by atoms with Gasteiger partial charge < -0.3 is 10.2 Å². The minimum Gasteiger partial charge on any atom is -0.339 e. The number of piperidine rings is 1. The van der Waals surface area contributed by atoms with Gasteiger partial charge in [0.05, 0.1) is 10.9 Å². The maximum atomic E-state index is 13.3. The number of likely N-dealkylation sites (tertiary alicyclic amines) is 1. The maximum absolute atomic E-state index is 13.3. The van der Waals surface area contributed by atoms with Gasteiger partial charge in [-0.25, -0.2) is 9.78 Å². The first-order valence-electron chi connectivity index (χ1n) is 10.2. The molecular weight excluding hydrogens is 394 g/mol. The summed E-state index contributed by atoms with van der Waals surface area (Å²) >= 11 is 0. The number of fused-ring (bicyclic) bond motifs is 1. The molecule has 2 aromatic rings. The van der Waals surface area contributed by atoms with Gasteiger partial charge in [0, 0.05) is 37.3 Å². The highest BCUT2D eigenvalue weighted by Crippen LogP contribution is 2.40. The molecule has 1 aliphatic heterocycles. The number of aromatic nitrogens is 3. The van der Waals surface area contributed by atoms with E-state index in [0.717, 1.165) is 37.8 Å². The van der Waals surface area contributed by atoms with Crippen molar-refractivity contribution in [2.24, 2.45) is 0 Å². The number of carbonyl (C=O) groups excluding carboxylic acids is 1. The number of rotatable bonds is 5. The van der Waals surface area contributed by atoms with Gasteiger partial charge >= 0.3 is 5.69 Å². The van der Waals surface area contributed by atoms with Crippen LogP contribution >= 0.6 is 12.4 Å². The number of nitrogens with one attached hydrogen (secondary N) is 2. The smallest absolute Gasteiger partial charge is 0.329 e. The lowest BCUT2D eigenvalue weighted by Crippen LogP contribution is -2.44. The van der Waals surface area contributed by atoms with Crippen molar-refractivity contribution in [3.8, 4) is 0 Å². The van der Waals surface area contributed by atoms with Crippen LogP contribution in [-0.2, 0) is 6.54 Å². The first-order valence-corrected chi connectivity index (χ1v) is 10.2. The second-order valence-corrected chi connectivity index (χ2v) is 7.83. The number of aryl methyl sites for hydroxylation is 1. The molecule has 158 valence electrons. The first-order chi connectivity index (χ1) is 13.5. The summed E-state index contributed by atoms with van der Waals surface area (Å²) in [6, 6.07) is 2.20. The van der Waals surface area contributed by atoms with Crippen molar-refractivity contribution in [2.45, 2.75) is 57.5 Å². The van der Waals surface area contributed by atoms with Crippen molar-refractivity contribution in [2.75, 3.05) is 20.1 Å². The van der Waals surface area contributed by atoms with E-state index in [1.165, 1.54) is 4.57 Å². The van der Waals surface area contributed by atoms with Crippen molar-refractivity contribution in [3.63, 3.8) is 0 Å². The molecule has 1 aliphatic carbocycles. The van der Waals surface area contributed by atoms with Gasteiger partial charge in [0.25, 0.3) is 11.5 Å². The molecule has 0 spiro atoms. The van der Waals surface area contributed by atoms with E-state index in [0.29, 0.717) is 42.8 Å². The fourth-order valence-electron chi connectivity index (χ4n) is 4.02. The predicted octanol–water partition coefficient (Wildman–Crippen LogP) is 1.62. The maximum Gasteiger partial charge on any atom is 0.329 e. The van der Waals surface area contributed by atoms with E-state index in [9.17, 15) is 14.4 Å². The Hall–Kier alpha value is -2.19. The van der Waals surface area contributed by atoms with Crippen molar-refractivity contribution in [1.82, 2.24) is 24.8 Å². The first kappa shape index (κ1) is 21.5. The number of hydrogen-bond donors (Lipinski definition) is 2. The van der Waals surface area contributed by atoms with Crippen LogP contribution in [0.4, 0.5) is 0 Å². The lowest BCUT2D eigenvalue weighted by molar-refractivity contribution is 0.0709. The third kappa shape index (κ3) is 4.09. The molecule has 0 unspecified atom stereocenters. The van der Waals surface area contributed by atoms with Crippen LogP contribution in [0.25, 0.3) is 11.0 Å². The molecule has 8 nitrogen and oxygen atoms in total. The van der Waals surface area contributed by atoms with E-state index >= 15 is 0 Å². The van der Waals surface area contributed by atoms with Crippen molar-refractivity contribution in [1.29, 1.82) is 0 Å². The Kier molecular flexibility index (Phi) is 6.43. The molecule has 1 amide bonds.